The number of aliphatic hydroxyl groups excluding tert-OH is 1. The van der Waals surface area contributed by atoms with Crippen molar-refractivity contribution >= 4 is 27.8 Å². The van der Waals surface area contributed by atoms with Crippen molar-refractivity contribution in [3.63, 3.8) is 0 Å². The number of carbonyl (C=O) groups is 1. The molecule has 5 aromatic rings. The Bertz CT molecular complexity index is 1990. The third-order valence-electron chi connectivity index (χ3n) is 8.53. The summed E-state index contributed by atoms with van der Waals surface area (Å²) in [5.41, 5.74) is 5.31. The third-order valence-corrected chi connectivity index (χ3v) is 11.0. The lowest BCUT2D eigenvalue weighted by molar-refractivity contribution is -0.268. The third kappa shape index (κ3) is 8.10. The molecular weight excluding hydrogens is 661 g/mol. The zero-order valence-electron chi connectivity index (χ0n) is 26.7. The van der Waals surface area contributed by atoms with Gasteiger partial charge in [0.1, 0.15) is 5.03 Å². The number of ether oxygens (including phenoxy) is 2. The lowest BCUT2D eigenvalue weighted by atomic mass is 9.91. The van der Waals surface area contributed by atoms with Crippen LogP contribution in [0, 0.1) is 5.92 Å². The minimum atomic E-state index is -3.68. The van der Waals surface area contributed by atoms with Crippen LogP contribution in [-0.2, 0) is 32.6 Å². The molecule has 0 spiro atoms. The van der Waals surface area contributed by atoms with Crippen LogP contribution < -0.4 is 4.72 Å². The SMILES string of the molecule is C[C@@H]1[C@H](CSc2ncccc2C(=O)O)O[C@H](c2ccc(-c3ccccc3CNS(=O)(=O)c3ccccc3)cc2)O[C@@H]1c1ccc(CO)cc1. The van der Waals surface area contributed by atoms with Crippen LogP contribution in [0.3, 0.4) is 0 Å². The summed E-state index contributed by atoms with van der Waals surface area (Å²) in [6.07, 6.45) is 0.217. The number of sulfonamides is 1. The van der Waals surface area contributed by atoms with E-state index in [2.05, 4.69) is 16.6 Å². The smallest absolute Gasteiger partial charge is 0.338 e. The van der Waals surface area contributed by atoms with Crippen LogP contribution in [0.1, 0.15) is 51.9 Å². The van der Waals surface area contributed by atoms with Gasteiger partial charge >= 0.3 is 5.97 Å². The van der Waals surface area contributed by atoms with E-state index in [0.717, 1.165) is 33.4 Å². The summed E-state index contributed by atoms with van der Waals surface area (Å²) >= 11 is 1.34. The van der Waals surface area contributed by atoms with Gasteiger partial charge in [-0.05, 0) is 52.1 Å². The number of carboxylic acid groups (broad SMARTS) is 1. The van der Waals surface area contributed by atoms with E-state index in [1.165, 1.54) is 17.8 Å². The monoisotopic (exact) mass is 696 g/mol. The summed E-state index contributed by atoms with van der Waals surface area (Å²) < 4.78 is 41.6. The van der Waals surface area contributed by atoms with Gasteiger partial charge in [-0.1, -0.05) is 97.9 Å². The highest BCUT2D eigenvalue weighted by atomic mass is 32.2. The normalized spacial score (nSPS) is 19.4. The molecule has 49 heavy (non-hydrogen) atoms. The van der Waals surface area contributed by atoms with Crippen molar-refractivity contribution in [2.24, 2.45) is 5.92 Å². The Balaban J connectivity index is 1.23. The fourth-order valence-corrected chi connectivity index (χ4v) is 7.95. The van der Waals surface area contributed by atoms with E-state index >= 15 is 0 Å². The van der Waals surface area contributed by atoms with Gasteiger partial charge in [-0.15, -0.1) is 11.8 Å². The highest BCUT2D eigenvalue weighted by molar-refractivity contribution is 7.99. The average molecular weight is 697 g/mol. The van der Waals surface area contributed by atoms with Crippen LogP contribution in [0.4, 0.5) is 0 Å². The van der Waals surface area contributed by atoms with Crippen molar-refractivity contribution in [3.8, 4) is 11.1 Å². The first-order valence-corrected chi connectivity index (χ1v) is 18.2. The van der Waals surface area contributed by atoms with Crippen LogP contribution in [-0.4, -0.2) is 41.4 Å². The van der Waals surface area contributed by atoms with Crippen LogP contribution in [0.5, 0.6) is 0 Å². The molecule has 4 aromatic carbocycles. The Hall–Kier alpha value is -4.36. The van der Waals surface area contributed by atoms with Crippen molar-refractivity contribution in [2.75, 3.05) is 5.75 Å². The van der Waals surface area contributed by atoms with E-state index in [1.54, 1.807) is 42.6 Å². The Labute approximate surface area is 290 Å². The average Bonchev–Trinajstić information content (AvgIpc) is 3.14. The summed E-state index contributed by atoms with van der Waals surface area (Å²) in [6, 6.07) is 34.5. The number of nitrogens with one attached hydrogen (secondary N) is 1. The van der Waals surface area contributed by atoms with Gasteiger partial charge in [-0.25, -0.2) is 22.9 Å². The summed E-state index contributed by atoms with van der Waals surface area (Å²) in [4.78, 5) is 16.3. The van der Waals surface area contributed by atoms with E-state index in [1.807, 2.05) is 72.8 Å². The molecule has 0 amide bonds. The second-order valence-corrected chi connectivity index (χ2v) is 14.5. The molecule has 252 valence electrons. The maximum Gasteiger partial charge on any atom is 0.338 e. The van der Waals surface area contributed by atoms with Crippen molar-refractivity contribution in [3.05, 3.63) is 149 Å². The Morgan fingerprint density at radius 3 is 2.27 bits per heavy atom. The highest BCUT2D eigenvalue weighted by Gasteiger charge is 2.38. The number of nitrogens with zero attached hydrogens (tertiary/aromatic N) is 1. The zero-order valence-corrected chi connectivity index (χ0v) is 28.3. The quantitative estimate of drug-likeness (QED) is 0.118. The predicted molar refractivity (Wildman–Crippen MR) is 187 cm³/mol. The standard InChI is InChI=1S/C38H36N2O7S2/c1-25-34(24-48-36-33(37(42)43)12-7-21-39-36)46-38(47-35(25)28-15-13-26(23-41)14-16-28)29-19-17-27(18-20-29)32-11-6-5-8-30(32)22-40-49(44,45)31-9-3-2-4-10-31/h2-21,25,34-35,38,40-41H,22-24H2,1H3,(H,42,43)/t25-,34+,35+,38+/m1/s1. The molecule has 1 aliphatic rings. The van der Waals surface area contributed by atoms with E-state index in [0.29, 0.717) is 10.8 Å². The molecule has 0 saturated carbocycles. The van der Waals surface area contributed by atoms with Crippen LogP contribution in [0.25, 0.3) is 11.1 Å². The fourth-order valence-electron chi connectivity index (χ4n) is 5.77. The van der Waals surface area contributed by atoms with Gasteiger partial charge < -0.3 is 19.7 Å². The second kappa shape index (κ2) is 15.5. The van der Waals surface area contributed by atoms with Crippen molar-refractivity contribution in [1.82, 2.24) is 9.71 Å². The van der Waals surface area contributed by atoms with Crippen LogP contribution >= 0.6 is 11.8 Å². The van der Waals surface area contributed by atoms with Crippen molar-refractivity contribution < 1.29 is 32.9 Å². The molecule has 2 heterocycles. The molecule has 0 bridgehead atoms. The molecule has 1 fully saturated rings. The summed E-state index contributed by atoms with van der Waals surface area (Å²) in [5, 5.41) is 19.6. The van der Waals surface area contributed by atoms with E-state index in [9.17, 15) is 23.4 Å². The molecule has 0 radical (unpaired) electrons. The first kappa shape index (κ1) is 34.5. The van der Waals surface area contributed by atoms with Crippen molar-refractivity contribution in [1.29, 1.82) is 0 Å². The van der Waals surface area contributed by atoms with Gasteiger partial charge in [0.05, 0.1) is 29.3 Å². The number of rotatable bonds is 12. The minimum absolute atomic E-state index is 0.0588. The second-order valence-electron chi connectivity index (χ2n) is 11.7. The molecule has 1 aromatic heterocycles. The first-order valence-electron chi connectivity index (χ1n) is 15.8. The largest absolute Gasteiger partial charge is 0.478 e. The minimum Gasteiger partial charge on any atom is -0.478 e. The number of pyridine rings is 1. The number of carboxylic acids is 1. The molecule has 1 aliphatic heterocycles. The molecular formula is C38H36N2O7S2. The van der Waals surface area contributed by atoms with E-state index in [4.69, 9.17) is 9.47 Å². The number of aromatic carboxylic acids is 1. The van der Waals surface area contributed by atoms with E-state index in [-0.39, 0.29) is 41.7 Å². The number of benzene rings is 4. The summed E-state index contributed by atoms with van der Waals surface area (Å²) in [7, 11) is -3.68. The first-order chi connectivity index (χ1) is 23.7. The van der Waals surface area contributed by atoms with Gasteiger partial charge in [0.15, 0.2) is 6.29 Å². The molecule has 1 saturated heterocycles. The van der Waals surface area contributed by atoms with Gasteiger partial charge in [0.25, 0.3) is 0 Å². The van der Waals surface area contributed by atoms with Gasteiger partial charge in [0, 0.05) is 30.0 Å². The number of thioether (sulfide) groups is 1. The molecule has 11 heteroatoms. The Morgan fingerprint density at radius 1 is 0.857 bits per heavy atom. The molecule has 6 rings (SSSR count). The number of aromatic nitrogens is 1. The molecule has 0 unspecified atom stereocenters. The topological polar surface area (TPSA) is 135 Å². The predicted octanol–water partition coefficient (Wildman–Crippen LogP) is 7.00. The molecule has 9 nitrogen and oxygen atoms in total. The highest BCUT2D eigenvalue weighted by Crippen LogP contribution is 2.43. The maximum absolute atomic E-state index is 12.9. The molecule has 3 N–H and O–H groups in total. The molecule has 0 aliphatic carbocycles. The number of hydrogen-bond acceptors (Lipinski definition) is 8. The lowest BCUT2D eigenvalue weighted by Gasteiger charge is -2.41. The Morgan fingerprint density at radius 2 is 1.55 bits per heavy atom. The maximum atomic E-state index is 12.9. The van der Waals surface area contributed by atoms with Crippen LogP contribution in [0.2, 0.25) is 0 Å². The van der Waals surface area contributed by atoms with Gasteiger partial charge in [0.2, 0.25) is 10.0 Å². The van der Waals surface area contributed by atoms with E-state index < -0.39 is 22.3 Å². The summed E-state index contributed by atoms with van der Waals surface area (Å²) in [6.45, 7) is 2.11. The number of aliphatic hydroxyl groups is 1. The van der Waals surface area contributed by atoms with Gasteiger partial charge in [-0.2, -0.15) is 0 Å². The summed E-state index contributed by atoms with van der Waals surface area (Å²) in [5.74, 6) is -0.675. The zero-order chi connectivity index (χ0) is 34.4. The lowest BCUT2D eigenvalue weighted by Crippen LogP contribution is -2.38. The van der Waals surface area contributed by atoms with Gasteiger partial charge in [-0.3, -0.25) is 0 Å². The fraction of sp³-hybridized carbons (Fsp3) is 0.211. The number of hydrogen-bond donors (Lipinski definition) is 3. The molecule has 4 atom stereocenters. The van der Waals surface area contributed by atoms with Crippen LogP contribution in [0.15, 0.2) is 131 Å². The van der Waals surface area contributed by atoms with Crippen molar-refractivity contribution in [2.45, 2.75) is 48.5 Å². The Kier molecular flexibility index (Phi) is 10.9.